The zero-order valence-electron chi connectivity index (χ0n) is 18.9. The fourth-order valence-corrected chi connectivity index (χ4v) is 5.34. The summed E-state index contributed by atoms with van der Waals surface area (Å²) in [6.07, 6.45) is 3.67. The van der Waals surface area contributed by atoms with Gasteiger partial charge in [0.15, 0.2) is 0 Å². The Hall–Kier alpha value is -3.42. The standard InChI is InChI=1S/C27H28N2O4S/c30-27(26(23-11-5-2-6-12-23)21-22-9-3-1-4-10-22)28-17-20-33-24-13-15-25(16-14-24)34(31,32)29-18-7-8-19-29/h1-6,9-16,21H,7-8,17-20H2,(H,28,30)/b26-21+. The molecule has 0 aromatic heterocycles. The number of ether oxygens (including phenoxy) is 1. The molecule has 0 atom stereocenters. The first-order chi connectivity index (χ1) is 16.5. The predicted molar refractivity (Wildman–Crippen MR) is 134 cm³/mol. The van der Waals surface area contributed by atoms with E-state index in [9.17, 15) is 13.2 Å². The van der Waals surface area contributed by atoms with Gasteiger partial charge in [-0.25, -0.2) is 8.42 Å². The van der Waals surface area contributed by atoms with Gasteiger partial charge in [-0.15, -0.1) is 0 Å². The molecule has 0 saturated carbocycles. The van der Waals surface area contributed by atoms with E-state index in [0.717, 1.165) is 24.0 Å². The molecular weight excluding hydrogens is 448 g/mol. The van der Waals surface area contributed by atoms with Crippen molar-refractivity contribution in [2.24, 2.45) is 0 Å². The Labute approximate surface area is 200 Å². The van der Waals surface area contributed by atoms with Crippen LogP contribution in [0.2, 0.25) is 0 Å². The molecule has 7 heteroatoms. The summed E-state index contributed by atoms with van der Waals surface area (Å²) in [5, 5.41) is 2.91. The second-order valence-corrected chi connectivity index (χ2v) is 9.96. The van der Waals surface area contributed by atoms with Crippen LogP contribution in [0, 0.1) is 0 Å². The second kappa shape index (κ2) is 11.1. The second-order valence-electron chi connectivity index (χ2n) is 8.02. The molecule has 0 spiro atoms. The lowest BCUT2D eigenvalue weighted by atomic mass is 10.0. The van der Waals surface area contributed by atoms with E-state index in [1.807, 2.05) is 66.7 Å². The predicted octanol–water partition coefficient (Wildman–Crippen LogP) is 4.21. The number of nitrogens with one attached hydrogen (secondary N) is 1. The summed E-state index contributed by atoms with van der Waals surface area (Å²) >= 11 is 0. The average molecular weight is 477 g/mol. The van der Waals surface area contributed by atoms with Crippen LogP contribution < -0.4 is 10.1 Å². The van der Waals surface area contributed by atoms with Crippen LogP contribution in [0.5, 0.6) is 5.75 Å². The normalized spacial score (nSPS) is 14.6. The Morgan fingerprint density at radius 2 is 1.50 bits per heavy atom. The van der Waals surface area contributed by atoms with Crippen molar-refractivity contribution in [1.82, 2.24) is 9.62 Å². The largest absolute Gasteiger partial charge is 0.492 e. The Bertz CT molecular complexity index is 1220. The van der Waals surface area contributed by atoms with Crippen LogP contribution in [-0.4, -0.2) is 44.9 Å². The quantitative estimate of drug-likeness (QED) is 0.285. The summed E-state index contributed by atoms with van der Waals surface area (Å²) in [5.41, 5.74) is 2.35. The highest BCUT2D eigenvalue weighted by Gasteiger charge is 2.26. The summed E-state index contributed by atoms with van der Waals surface area (Å²) in [6, 6.07) is 25.7. The molecule has 1 saturated heterocycles. The fraction of sp³-hybridized carbons (Fsp3) is 0.222. The number of sulfonamides is 1. The van der Waals surface area contributed by atoms with Gasteiger partial charge < -0.3 is 10.1 Å². The maximum absolute atomic E-state index is 12.9. The van der Waals surface area contributed by atoms with Gasteiger partial charge in [0.1, 0.15) is 12.4 Å². The Morgan fingerprint density at radius 3 is 2.15 bits per heavy atom. The molecule has 3 aromatic carbocycles. The fourth-order valence-electron chi connectivity index (χ4n) is 3.83. The Balaban J connectivity index is 1.34. The Kier molecular flexibility index (Phi) is 7.77. The van der Waals surface area contributed by atoms with Gasteiger partial charge in [-0.3, -0.25) is 4.79 Å². The van der Waals surface area contributed by atoms with Crippen molar-refractivity contribution in [1.29, 1.82) is 0 Å². The van der Waals surface area contributed by atoms with Gasteiger partial charge in [-0.05, 0) is 54.3 Å². The molecule has 1 fully saturated rings. The van der Waals surface area contributed by atoms with Gasteiger partial charge in [-0.1, -0.05) is 60.7 Å². The van der Waals surface area contributed by atoms with Crippen LogP contribution in [-0.2, 0) is 14.8 Å². The highest BCUT2D eigenvalue weighted by molar-refractivity contribution is 7.89. The van der Waals surface area contributed by atoms with Crippen LogP contribution in [0.3, 0.4) is 0 Å². The zero-order valence-corrected chi connectivity index (χ0v) is 19.7. The van der Waals surface area contributed by atoms with E-state index in [4.69, 9.17) is 4.74 Å². The first-order valence-corrected chi connectivity index (χ1v) is 12.8. The molecule has 0 bridgehead atoms. The van der Waals surface area contributed by atoms with Crippen LogP contribution in [0.1, 0.15) is 24.0 Å². The molecule has 1 amide bonds. The molecule has 6 nitrogen and oxygen atoms in total. The van der Waals surface area contributed by atoms with Gasteiger partial charge in [0.05, 0.1) is 11.4 Å². The monoisotopic (exact) mass is 476 g/mol. The molecule has 1 aliphatic heterocycles. The molecule has 176 valence electrons. The molecular formula is C27H28N2O4S. The van der Waals surface area contributed by atoms with Gasteiger partial charge in [0.25, 0.3) is 5.91 Å². The van der Waals surface area contributed by atoms with Gasteiger partial charge in [-0.2, -0.15) is 4.31 Å². The van der Waals surface area contributed by atoms with Crippen molar-refractivity contribution in [3.05, 3.63) is 96.1 Å². The molecule has 0 aliphatic carbocycles. The van der Waals surface area contributed by atoms with Crippen LogP contribution in [0.15, 0.2) is 89.8 Å². The number of benzene rings is 3. The SMILES string of the molecule is O=C(NCCOc1ccc(S(=O)(=O)N2CCCC2)cc1)/C(=C/c1ccccc1)c1ccccc1. The number of carbonyl (C=O) groups excluding carboxylic acids is 1. The number of carbonyl (C=O) groups is 1. The summed E-state index contributed by atoms with van der Waals surface area (Å²) in [7, 11) is -3.44. The smallest absolute Gasteiger partial charge is 0.252 e. The topological polar surface area (TPSA) is 75.7 Å². The van der Waals surface area contributed by atoms with Crippen molar-refractivity contribution in [2.75, 3.05) is 26.2 Å². The van der Waals surface area contributed by atoms with Crippen molar-refractivity contribution < 1.29 is 17.9 Å². The summed E-state index contributed by atoms with van der Waals surface area (Å²) < 4.78 is 32.5. The number of nitrogens with zero attached hydrogens (tertiary/aromatic N) is 1. The minimum absolute atomic E-state index is 0.189. The number of amides is 1. The van der Waals surface area contributed by atoms with E-state index in [0.29, 0.717) is 31.0 Å². The van der Waals surface area contributed by atoms with Crippen LogP contribution >= 0.6 is 0 Å². The molecule has 1 aliphatic rings. The molecule has 4 rings (SSSR count). The maximum atomic E-state index is 12.9. The van der Waals surface area contributed by atoms with Gasteiger partial charge in [0, 0.05) is 18.7 Å². The summed E-state index contributed by atoms with van der Waals surface area (Å²) in [5.74, 6) is 0.364. The highest BCUT2D eigenvalue weighted by atomic mass is 32.2. The van der Waals surface area contributed by atoms with Crippen LogP contribution in [0.25, 0.3) is 11.6 Å². The van der Waals surface area contributed by atoms with Crippen molar-refractivity contribution >= 4 is 27.6 Å². The van der Waals surface area contributed by atoms with E-state index in [-0.39, 0.29) is 17.4 Å². The third kappa shape index (κ3) is 5.92. The number of rotatable bonds is 9. The first kappa shape index (κ1) is 23.7. The first-order valence-electron chi connectivity index (χ1n) is 11.4. The molecule has 1 N–H and O–H groups in total. The van der Waals surface area contributed by atoms with Gasteiger partial charge >= 0.3 is 0 Å². The lowest BCUT2D eigenvalue weighted by Crippen LogP contribution is -2.29. The van der Waals surface area contributed by atoms with E-state index in [1.165, 1.54) is 4.31 Å². The maximum Gasteiger partial charge on any atom is 0.252 e. The highest BCUT2D eigenvalue weighted by Crippen LogP contribution is 2.23. The molecule has 0 unspecified atom stereocenters. The number of hydrogen-bond acceptors (Lipinski definition) is 4. The number of hydrogen-bond donors (Lipinski definition) is 1. The van der Waals surface area contributed by atoms with E-state index >= 15 is 0 Å². The average Bonchev–Trinajstić information content (AvgIpc) is 3.43. The lowest BCUT2D eigenvalue weighted by molar-refractivity contribution is -0.115. The lowest BCUT2D eigenvalue weighted by Gasteiger charge is -2.15. The van der Waals surface area contributed by atoms with Crippen molar-refractivity contribution in [2.45, 2.75) is 17.7 Å². The van der Waals surface area contributed by atoms with Gasteiger partial charge in [0.2, 0.25) is 10.0 Å². The van der Waals surface area contributed by atoms with Crippen LogP contribution in [0.4, 0.5) is 0 Å². The third-order valence-electron chi connectivity index (χ3n) is 5.62. The molecule has 1 heterocycles. The minimum atomic E-state index is -3.44. The molecule has 34 heavy (non-hydrogen) atoms. The Morgan fingerprint density at radius 1 is 0.882 bits per heavy atom. The van der Waals surface area contributed by atoms with E-state index in [1.54, 1.807) is 24.3 Å². The minimum Gasteiger partial charge on any atom is -0.492 e. The zero-order chi connectivity index (χ0) is 23.8. The van der Waals surface area contributed by atoms with Crippen molar-refractivity contribution in [3.63, 3.8) is 0 Å². The van der Waals surface area contributed by atoms with E-state index < -0.39 is 10.0 Å². The molecule has 0 radical (unpaired) electrons. The summed E-state index contributed by atoms with van der Waals surface area (Å²) in [4.78, 5) is 13.2. The van der Waals surface area contributed by atoms with E-state index in [2.05, 4.69) is 5.32 Å². The molecule has 3 aromatic rings. The third-order valence-corrected chi connectivity index (χ3v) is 7.54. The van der Waals surface area contributed by atoms with Crippen molar-refractivity contribution in [3.8, 4) is 5.75 Å². The summed E-state index contributed by atoms with van der Waals surface area (Å²) in [6.45, 7) is 1.72.